The van der Waals surface area contributed by atoms with Crippen LogP contribution in [0.4, 0.5) is 5.69 Å². The number of ether oxygens (including phenoxy) is 1. The van der Waals surface area contributed by atoms with Crippen molar-refractivity contribution in [3.63, 3.8) is 0 Å². The van der Waals surface area contributed by atoms with Crippen LogP contribution in [0.3, 0.4) is 0 Å². The van der Waals surface area contributed by atoms with Gasteiger partial charge < -0.3 is 9.84 Å². The fraction of sp³-hybridized carbons (Fsp3) is 0.417. The summed E-state index contributed by atoms with van der Waals surface area (Å²) in [5.74, 6) is -1.01. The number of hydrogen-bond acceptors (Lipinski definition) is 5. The maximum atomic E-state index is 11.2. The van der Waals surface area contributed by atoms with Crippen LogP contribution in [0.25, 0.3) is 0 Å². The summed E-state index contributed by atoms with van der Waals surface area (Å²) >= 11 is 0.968. The maximum Gasteiger partial charge on any atom is 0.324 e. The highest BCUT2D eigenvalue weighted by Crippen LogP contribution is 2.40. The molecule has 7 heteroatoms. The number of carboxylic acid groups (broad SMARTS) is 1. The zero-order valence-electron chi connectivity index (χ0n) is 10.8. The average Bonchev–Trinajstić information content (AvgIpc) is 2.34. The summed E-state index contributed by atoms with van der Waals surface area (Å²) in [7, 11) is 1.34. The Bertz CT molecular complexity index is 489. The van der Waals surface area contributed by atoms with Crippen molar-refractivity contribution in [1.29, 1.82) is 0 Å². The Morgan fingerprint density at radius 2 is 2.11 bits per heavy atom. The van der Waals surface area contributed by atoms with Gasteiger partial charge in [-0.25, -0.2) is 0 Å². The van der Waals surface area contributed by atoms with Crippen molar-refractivity contribution >= 4 is 23.4 Å². The summed E-state index contributed by atoms with van der Waals surface area (Å²) in [6.07, 6.45) is 0. The molecule has 0 radical (unpaired) electrons. The lowest BCUT2D eigenvalue weighted by Gasteiger charge is -2.16. The number of rotatable bonds is 6. The van der Waals surface area contributed by atoms with E-state index >= 15 is 0 Å². The third kappa shape index (κ3) is 3.60. The Morgan fingerprint density at radius 1 is 1.47 bits per heavy atom. The summed E-state index contributed by atoms with van der Waals surface area (Å²) in [6.45, 7) is 3.52. The molecule has 0 aliphatic carbocycles. The molecule has 0 spiro atoms. The second-order valence-electron chi connectivity index (χ2n) is 4.18. The molecular weight excluding hydrogens is 270 g/mol. The van der Waals surface area contributed by atoms with Gasteiger partial charge in [0.25, 0.3) is 0 Å². The number of hydrogen-bond donors (Lipinski definition) is 1. The molecule has 1 aromatic carbocycles. The Kier molecular flexibility index (Phi) is 5.17. The van der Waals surface area contributed by atoms with Crippen LogP contribution in [0.2, 0.25) is 0 Å². The standard InChI is InChI=1S/C12H15NO5S/c1-7(2)11(12(14)15)19-9-6-4-5-8(18-3)10(9)13(16)17/h4-7,11H,1-3H3,(H,14,15). The van der Waals surface area contributed by atoms with Crippen LogP contribution >= 0.6 is 11.8 Å². The van der Waals surface area contributed by atoms with E-state index in [4.69, 9.17) is 9.84 Å². The number of para-hydroxylation sites is 1. The molecule has 1 N–H and O–H groups in total. The third-order valence-corrected chi connectivity index (χ3v) is 4.05. The number of nitro groups is 1. The molecule has 0 saturated carbocycles. The van der Waals surface area contributed by atoms with Gasteiger partial charge in [0, 0.05) is 0 Å². The summed E-state index contributed by atoms with van der Waals surface area (Å²) in [5, 5.41) is 19.5. The number of carbonyl (C=O) groups is 1. The molecule has 0 aromatic heterocycles. The minimum atomic E-state index is -0.989. The van der Waals surface area contributed by atoms with Gasteiger partial charge >= 0.3 is 11.7 Å². The molecule has 0 saturated heterocycles. The van der Waals surface area contributed by atoms with Crippen molar-refractivity contribution < 1.29 is 19.6 Å². The monoisotopic (exact) mass is 285 g/mol. The van der Waals surface area contributed by atoms with E-state index in [1.165, 1.54) is 19.2 Å². The minimum absolute atomic E-state index is 0.128. The first-order valence-corrected chi connectivity index (χ1v) is 6.47. The zero-order valence-corrected chi connectivity index (χ0v) is 11.6. The largest absolute Gasteiger partial charge is 0.490 e. The molecule has 0 bridgehead atoms. The van der Waals surface area contributed by atoms with Gasteiger partial charge in [-0.15, -0.1) is 11.8 Å². The van der Waals surface area contributed by atoms with Gasteiger partial charge in [0.2, 0.25) is 0 Å². The lowest BCUT2D eigenvalue weighted by molar-refractivity contribution is -0.388. The molecular formula is C12H15NO5S. The van der Waals surface area contributed by atoms with Gasteiger partial charge in [-0.1, -0.05) is 19.9 Å². The van der Waals surface area contributed by atoms with Crippen molar-refractivity contribution in [2.24, 2.45) is 5.92 Å². The lowest BCUT2D eigenvalue weighted by Crippen LogP contribution is -2.22. The van der Waals surface area contributed by atoms with Gasteiger partial charge in [-0.2, -0.15) is 0 Å². The van der Waals surface area contributed by atoms with Gasteiger partial charge in [-0.3, -0.25) is 14.9 Å². The van der Waals surface area contributed by atoms with Crippen LogP contribution in [0, 0.1) is 16.0 Å². The maximum absolute atomic E-state index is 11.2. The summed E-state index contributed by atoms with van der Waals surface area (Å²) < 4.78 is 4.95. The Morgan fingerprint density at radius 3 is 2.53 bits per heavy atom. The molecule has 1 aromatic rings. The molecule has 0 amide bonds. The lowest BCUT2D eigenvalue weighted by atomic mass is 10.1. The highest BCUT2D eigenvalue weighted by atomic mass is 32.2. The number of nitro benzene ring substituents is 1. The Balaban J connectivity index is 3.20. The van der Waals surface area contributed by atoms with Crippen molar-refractivity contribution in [3.05, 3.63) is 28.3 Å². The van der Waals surface area contributed by atoms with Gasteiger partial charge in [-0.05, 0) is 18.1 Å². The molecule has 0 aliphatic rings. The third-order valence-electron chi connectivity index (χ3n) is 2.47. The fourth-order valence-electron chi connectivity index (χ4n) is 1.55. The van der Waals surface area contributed by atoms with E-state index in [9.17, 15) is 14.9 Å². The normalized spacial score (nSPS) is 12.2. The molecule has 0 aliphatic heterocycles. The number of thioether (sulfide) groups is 1. The van der Waals surface area contributed by atoms with E-state index < -0.39 is 16.1 Å². The molecule has 0 fully saturated rings. The van der Waals surface area contributed by atoms with E-state index in [1.807, 2.05) is 0 Å². The number of methoxy groups -OCH3 is 1. The minimum Gasteiger partial charge on any atom is -0.490 e. The predicted molar refractivity (Wildman–Crippen MR) is 71.8 cm³/mol. The van der Waals surface area contributed by atoms with Gasteiger partial charge in [0.1, 0.15) is 5.25 Å². The van der Waals surface area contributed by atoms with Crippen molar-refractivity contribution in [2.45, 2.75) is 24.0 Å². The predicted octanol–water partition coefficient (Wildman–Crippen LogP) is 2.80. The molecule has 19 heavy (non-hydrogen) atoms. The topological polar surface area (TPSA) is 89.7 Å². The van der Waals surface area contributed by atoms with E-state index in [2.05, 4.69) is 0 Å². The van der Waals surface area contributed by atoms with E-state index in [0.29, 0.717) is 4.90 Å². The molecule has 104 valence electrons. The summed E-state index contributed by atoms with van der Waals surface area (Å²) in [5.41, 5.74) is -0.193. The van der Waals surface area contributed by atoms with Crippen LogP contribution in [-0.4, -0.2) is 28.4 Å². The molecule has 6 nitrogen and oxygen atoms in total. The number of nitrogens with zero attached hydrogens (tertiary/aromatic N) is 1. The fourth-order valence-corrected chi connectivity index (χ4v) is 2.64. The molecule has 1 unspecified atom stereocenters. The number of aliphatic carboxylic acids is 1. The van der Waals surface area contributed by atoms with Crippen molar-refractivity contribution in [3.8, 4) is 5.75 Å². The first-order chi connectivity index (χ1) is 8.88. The van der Waals surface area contributed by atoms with Crippen LogP contribution in [0.15, 0.2) is 23.1 Å². The number of carboxylic acids is 1. The molecule has 0 heterocycles. The van der Waals surface area contributed by atoms with E-state index in [0.717, 1.165) is 11.8 Å². The molecule has 1 rings (SSSR count). The quantitative estimate of drug-likeness (QED) is 0.491. The highest BCUT2D eigenvalue weighted by Gasteiger charge is 2.28. The second-order valence-corrected chi connectivity index (χ2v) is 5.37. The Labute approximate surface area is 114 Å². The average molecular weight is 285 g/mol. The van der Waals surface area contributed by atoms with Crippen LogP contribution in [0.5, 0.6) is 5.75 Å². The van der Waals surface area contributed by atoms with Crippen molar-refractivity contribution in [1.82, 2.24) is 0 Å². The second kappa shape index (κ2) is 6.42. The summed E-state index contributed by atoms with van der Waals surface area (Å²) in [6, 6.07) is 4.62. The van der Waals surface area contributed by atoms with Crippen LogP contribution < -0.4 is 4.74 Å². The SMILES string of the molecule is COc1cccc(SC(C(=O)O)C(C)C)c1[N+](=O)[O-]. The summed E-state index contributed by atoms with van der Waals surface area (Å²) in [4.78, 5) is 22.0. The first-order valence-electron chi connectivity index (χ1n) is 5.59. The molecule has 1 atom stereocenters. The van der Waals surface area contributed by atoms with Crippen LogP contribution in [-0.2, 0) is 4.79 Å². The van der Waals surface area contributed by atoms with Gasteiger partial charge in [0.15, 0.2) is 5.75 Å². The Hall–Kier alpha value is -1.76. The van der Waals surface area contributed by atoms with Crippen LogP contribution in [0.1, 0.15) is 13.8 Å². The van der Waals surface area contributed by atoms with Gasteiger partial charge in [0.05, 0.1) is 16.9 Å². The smallest absolute Gasteiger partial charge is 0.324 e. The van der Waals surface area contributed by atoms with E-state index in [1.54, 1.807) is 19.9 Å². The van der Waals surface area contributed by atoms with Crippen molar-refractivity contribution in [2.75, 3.05) is 7.11 Å². The van der Waals surface area contributed by atoms with E-state index in [-0.39, 0.29) is 17.4 Å². The highest BCUT2D eigenvalue weighted by molar-refractivity contribution is 8.00. The first kappa shape index (κ1) is 15.3. The number of benzene rings is 1. The zero-order chi connectivity index (χ0) is 14.6.